The van der Waals surface area contributed by atoms with Crippen molar-refractivity contribution in [2.45, 2.75) is 76.3 Å². The van der Waals surface area contributed by atoms with Gasteiger partial charge in [-0.3, -0.25) is 4.90 Å². The molecule has 2 aromatic heterocycles. The van der Waals surface area contributed by atoms with Crippen LogP contribution in [0.15, 0.2) is 53.3 Å². The summed E-state index contributed by atoms with van der Waals surface area (Å²) >= 11 is 0. The normalized spacial score (nSPS) is 23.2. The molecule has 226 valence electrons. The Morgan fingerprint density at radius 1 is 1.07 bits per heavy atom. The number of nitrogens with one attached hydrogen (secondary N) is 1. The summed E-state index contributed by atoms with van der Waals surface area (Å²) in [6.07, 6.45) is -6.74. The number of cyclic esters (lactones) is 1. The molecule has 1 aromatic carbocycles. The number of carbonyl (C=O) groups excluding carboxylic acids is 1. The molecule has 0 aliphatic carbocycles. The molecule has 13 heteroatoms. The second kappa shape index (κ2) is 11.5. The lowest BCUT2D eigenvalue weighted by atomic mass is 9.97. The predicted molar refractivity (Wildman–Crippen MR) is 139 cm³/mol. The first-order valence-corrected chi connectivity index (χ1v) is 13.5. The van der Waals surface area contributed by atoms with Crippen molar-refractivity contribution >= 4 is 11.9 Å². The Morgan fingerprint density at radius 3 is 2.40 bits per heavy atom. The average molecular weight is 598 g/mol. The number of benzene rings is 1. The second-order valence-electron chi connectivity index (χ2n) is 10.5. The number of alkyl halides is 6. The van der Waals surface area contributed by atoms with Crippen molar-refractivity contribution in [3.8, 4) is 11.3 Å². The minimum absolute atomic E-state index is 0.0472. The van der Waals surface area contributed by atoms with Gasteiger partial charge in [-0.05, 0) is 68.1 Å². The number of halogens is 6. The molecule has 2 unspecified atom stereocenters. The smallest absolute Gasteiger partial charge is 0.416 e. The summed E-state index contributed by atoms with van der Waals surface area (Å²) in [5, 5.41) is 3.43. The lowest BCUT2D eigenvalue weighted by molar-refractivity contribution is -0.143. The molecule has 2 fully saturated rings. The molecule has 0 bridgehead atoms. The van der Waals surface area contributed by atoms with E-state index in [1.165, 1.54) is 18.1 Å². The van der Waals surface area contributed by atoms with Crippen molar-refractivity contribution in [2.75, 3.05) is 11.9 Å². The van der Waals surface area contributed by atoms with Crippen LogP contribution in [0.3, 0.4) is 0 Å². The molecule has 4 heterocycles. The maximum absolute atomic E-state index is 13.5. The largest absolute Gasteiger partial charge is 0.464 e. The van der Waals surface area contributed by atoms with Gasteiger partial charge in [0.15, 0.2) is 0 Å². The fraction of sp³-hybridized carbons (Fsp3) is 0.448. The molecule has 2 aliphatic rings. The Labute approximate surface area is 237 Å². The van der Waals surface area contributed by atoms with Crippen molar-refractivity contribution in [3.05, 3.63) is 71.1 Å². The average Bonchev–Trinajstić information content (AvgIpc) is 3.57. The van der Waals surface area contributed by atoms with Crippen LogP contribution < -0.4 is 5.32 Å². The molecule has 1 N–H and O–H groups in total. The van der Waals surface area contributed by atoms with Gasteiger partial charge >= 0.3 is 18.4 Å². The van der Waals surface area contributed by atoms with E-state index in [0.29, 0.717) is 41.4 Å². The van der Waals surface area contributed by atoms with E-state index < -0.39 is 47.3 Å². The first-order chi connectivity index (χ1) is 19.8. The van der Waals surface area contributed by atoms with Crippen molar-refractivity contribution in [1.82, 2.24) is 9.88 Å². The van der Waals surface area contributed by atoms with Crippen LogP contribution in [0.4, 0.5) is 37.0 Å². The maximum Gasteiger partial charge on any atom is 0.416 e. The van der Waals surface area contributed by atoms with Crippen LogP contribution in [-0.2, 0) is 28.4 Å². The Kier molecular flexibility index (Phi) is 8.15. The molecule has 1 amide bonds. The van der Waals surface area contributed by atoms with E-state index >= 15 is 0 Å². The summed E-state index contributed by atoms with van der Waals surface area (Å²) in [6.45, 7) is 4.06. The zero-order valence-electron chi connectivity index (χ0n) is 22.8. The number of pyridine rings is 1. The molecular formula is C29H29F6N3O4. The van der Waals surface area contributed by atoms with E-state index in [-0.39, 0.29) is 24.8 Å². The number of furan rings is 1. The number of anilines is 1. The molecule has 42 heavy (non-hydrogen) atoms. The van der Waals surface area contributed by atoms with Gasteiger partial charge in [0.2, 0.25) is 0 Å². The van der Waals surface area contributed by atoms with Gasteiger partial charge < -0.3 is 19.2 Å². The number of carbonyl (C=O) groups is 1. The zero-order valence-corrected chi connectivity index (χ0v) is 22.8. The predicted octanol–water partition coefficient (Wildman–Crippen LogP) is 7.83. The molecule has 3 aromatic rings. The van der Waals surface area contributed by atoms with Crippen molar-refractivity contribution < 1.29 is 45.0 Å². The van der Waals surface area contributed by atoms with Crippen LogP contribution >= 0.6 is 0 Å². The molecule has 7 nitrogen and oxygen atoms in total. The van der Waals surface area contributed by atoms with Gasteiger partial charge in [-0.15, -0.1) is 0 Å². The number of aromatic nitrogens is 1. The number of rotatable bonds is 7. The third-order valence-corrected chi connectivity index (χ3v) is 7.61. The summed E-state index contributed by atoms with van der Waals surface area (Å²) in [5.41, 5.74) is -2.14. The zero-order chi connectivity index (χ0) is 30.2. The minimum Gasteiger partial charge on any atom is -0.464 e. The number of hydrogen-bond acceptors (Lipinski definition) is 6. The van der Waals surface area contributed by atoms with Gasteiger partial charge in [0.25, 0.3) is 0 Å². The topological polar surface area (TPSA) is 76.8 Å². The maximum atomic E-state index is 13.5. The number of ether oxygens (including phenoxy) is 2. The summed E-state index contributed by atoms with van der Waals surface area (Å²) in [4.78, 5) is 18.9. The molecule has 0 spiro atoms. The van der Waals surface area contributed by atoms with Gasteiger partial charge in [0.1, 0.15) is 17.7 Å². The standard InChI is InChI=1S/C29H29F6N3O4/c1-3-23-13-22(6-8-40-23)37-26-19(9-18(14-36-26)24-5-4-7-41-24)15-38-16(2)25(42-27(38)39)17-10-20(28(30,31)32)12-21(11-17)29(33,34)35/h4-5,7,9-12,14,16,22-23,25H,3,6,8,13,15H2,1-2H3,(H,36,37)/t16-,22?,23?,25-/m0/s1. The van der Waals surface area contributed by atoms with Crippen LogP contribution in [0, 0.1) is 0 Å². The van der Waals surface area contributed by atoms with E-state index in [4.69, 9.17) is 13.9 Å². The highest BCUT2D eigenvalue weighted by atomic mass is 19.4. The van der Waals surface area contributed by atoms with Crippen LogP contribution in [0.5, 0.6) is 0 Å². The van der Waals surface area contributed by atoms with Gasteiger partial charge in [-0.2, -0.15) is 26.3 Å². The van der Waals surface area contributed by atoms with Gasteiger partial charge in [0, 0.05) is 30.0 Å². The molecule has 4 atom stereocenters. The third kappa shape index (κ3) is 6.35. The van der Waals surface area contributed by atoms with E-state index in [1.807, 2.05) is 6.92 Å². The molecule has 5 rings (SSSR count). The first-order valence-electron chi connectivity index (χ1n) is 13.5. The quantitative estimate of drug-likeness (QED) is 0.280. The van der Waals surface area contributed by atoms with Crippen LogP contribution in [0.25, 0.3) is 11.3 Å². The number of nitrogens with zero attached hydrogens (tertiary/aromatic N) is 2. The lowest BCUT2D eigenvalue weighted by Crippen LogP contribution is -2.35. The molecule has 0 radical (unpaired) electrons. The Hall–Kier alpha value is -3.74. The summed E-state index contributed by atoms with van der Waals surface area (Å²) in [5.74, 6) is 1.03. The van der Waals surface area contributed by atoms with E-state index in [2.05, 4.69) is 10.3 Å². The number of hydrogen-bond donors (Lipinski definition) is 1. The highest BCUT2D eigenvalue weighted by molar-refractivity contribution is 5.72. The highest BCUT2D eigenvalue weighted by Crippen LogP contribution is 2.41. The van der Waals surface area contributed by atoms with Crippen molar-refractivity contribution in [1.29, 1.82) is 0 Å². The summed E-state index contributed by atoms with van der Waals surface area (Å²) in [6, 6.07) is 5.62. The number of amides is 1. The van der Waals surface area contributed by atoms with Crippen molar-refractivity contribution in [3.63, 3.8) is 0 Å². The molecule has 0 saturated carbocycles. The lowest BCUT2D eigenvalue weighted by Gasteiger charge is -2.31. The van der Waals surface area contributed by atoms with E-state index in [9.17, 15) is 31.1 Å². The molecule has 2 saturated heterocycles. The van der Waals surface area contributed by atoms with Crippen LogP contribution in [0.2, 0.25) is 0 Å². The minimum atomic E-state index is -5.03. The fourth-order valence-corrected chi connectivity index (χ4v) is 5.31. The molecule has 2 aliphatic heterocycles. The van der Waals surface area contributed by atoms with E-state index in [1.54, 1.807) is 24.4 Å². The summed E-state index contributed by atoms with van der Waals surface area (Å²) in [7, 11) is 0. The SMILES string of the molecule is CCC1CC(Nc2ncc(-c3ccco3)cc2CN2C(=O)O[C@H](c3cc(C(F)(F)F)cc(C(F)(F)F)c3)[C@@H]2C)CCO1. The molecular weight excluding hydrogens is 568 g/mol. The van der Waals surface area contributed by atoms with Gasteiger partial charge in [0.05, 0.1) is 36.1 Å². The van der Waals surface area contributed by atoms with Crippen LogP contribution in [0.1, 0.15) is 61.5 Å². The van der Waals surface area contributed by atoms with Gasteiger partial charge in [-0.1, -0.05) is 6.92 Å². The monoisotopic (exact) mass is 597 g/mol. The van der Waals surface area contributed by atoms with Crippen LogP contribution in [-0.4, -0.2) is 40.8 Å². The van der Waals surface area contributed by atoms with Gasteiger partial charge in [-0.25, -0.2) is 9.78 Å². The van der Waals surface area contributed by atoms with Crippen molar-refractivity contribution in [2.24, 2.45) is 0 Å². The third-order valence-electron chi connectivity index (χ3n) is 7.61. The van der Waals surface area contributed by atoms with E-state index in [0.717, 1.165) is 19.3 Å². The Morgan fingerprint density at radius 2 is 1.79 bits per heavy atom. The Balaban J connectivity index is 1.45. The Bertz CT molecular complexity index is 1380. The summed E-state index contributed by atoms with van der Waals surface area (Å²) < 4.78 is 97.5. The second-order valence-corrected chi connectivity index (χ2v) is 10.5. The first kappa shape index (κ1) is 29.7. The fourth-order valence-electron chi connectivity index (χ4n) is 5.31. The highest BCUT2D eigenvalue weighted by Gasteiger charge is 2.43.